The van der Waals surface area contributed by atoms with E-state index in [1.165, 1.54) is 21.5 Å². The van der Waals surface area contributed by atoms with Crippen LogP contribution in [0.3, 0.4) is 0 Å². The van der Waals surface area contributed by atoms with Crippen molar-refractivity contribution < 1.29 is 13.2 Å². The zero-order valence-corrected chi connectivity index (χ0v) is 19.9. The van der Waals surface area contributed by atoms with E-state index < -0.39 is 10.0 Å². The highest BCUT2D eigenvalue weighted by Crippen LogP contribution is 2.32. The van der Waals surface area contributed by atoms with Gasteiger partial charge < -0.3 is 15.0 Å². The zero-order chi connectivity index (χ0) is 23.5. The van der Waals surface area contributed by atoms with Gasteiger partial charge in [-0.1, -0.05) is 30.3 Å². The molecular weight excluding hydrogens is 448 g/mol. The smallest absolute Gasteiger partial charge is 0.244 e. The quantitative estimate of drug-likeness (QED) is 0.388. The predicted molar refractivity (Wildman–Crippen MR) is 134 cm³/mol. The van der Waals surface area contributed by atoms with Gasteiger partial charge in [0.2, 0.25) is 10.0 Å². The molecule has 2 N–H and O–H groups in total. The van der Waals surface area contributed by atoms with Gasteiger partial charge in [0.05, 0.1) is 7.11 Å². The molecule has 0 saturated carbocycles. The number of pyridine rings is 1. The van der Waals surface area contributed by atoms with Crippen molar-refractivity contribution in [3.63, 3.8) is 0 Å². The van der Waals surface area contributed by atoms with Crippen LogP contribution in [0.5, 0.6) is 5.75 Å². The molecular formula is C26H28N4O3S. The summed E-state index contributed by atoms with van der Waals surface area (Å²) in [6.07, 6.45) is 5.32. The number of nitrogens with one attached hydrogen (secondary N) is 2. The molecule has 0 unspecified atom stereocenters. The van der Waals surface area contributed by atoms with Crippen LogP contribution in [0.25, 0.3) is 10.9 Å². The molecule has 4 aromatic rings. The Labute approximate surface area is 199 Å². The molecule has 1 aliphatic rings. The average Bonchev–Trinajstić information content (AvgIpc) is 3.56. The van der Waals surface area contributed by atoms with E-state index in [0.29, 0.717) is 25.5 Å². The minimum atomic E-state index is -3.47. The van der Waals surface area contributed by atoms with Crippen LogP contribution in [-0.2, 0) is 10.0 Å². The van der Waals surface area contributed by atoms with Crippen LogP contribution in [-0.4, -0.2) is 49.4 Å². The average molecular weight is 477 g/mol. The molecule has 2 aromatic heterocycles. The lowest BCUT2D eigenvalue weighted by Crippen LogP contribution is -2.28. The molecule has 176 valence electrons. The van der Waals surface area contributed by atoms with Crippen LogP contribution in [0.1, 0.15) is 29.9 Å². The Morgan fingerprint density at radius 3 is 2.53 bits per heavy atom. The summed E-state index contributed by atoms with van der Waals surface area (Å²) in [5.41, 5.74) is 3.42. The highest BCUT2D eigenvalue weighted by atomic mass is 32.2. The molecule has 2 aromatic carbocycles. The molecule has 0 aliphatic carbocycles. The molecule has 8 heteroatoms. The van der Waals surface area contributed by atoms with E-state index in [1.807, 2.05) is 24.3 Å². The minimum absolute atomic E-state index is 0.0527. The number of aromatic amines is 1. The number of aromatic nitrogens is 2. The lowest BCUT2D eigenvalue weighted by Gasteiger charge is -2.19. The highest BCUT2D eigenvalue weighted by Gasteiger charge is 2.27. The maximum Gasteiger partial charge on any atom is 0.244 e. The van der Waals surface area contributed by atoms with Crippen LogP contribution in [0.15, 0.2) is 78.0 Å². The Morgan fingerprint density at radius 1 is 1.06 bits per heavy atom. The van der Waals surface area contributed by atoms with Gasteiger partial charge in [-0.25, -0.2) is 13.4 Å². The van der Waals surface area contributed by atoms with Crippen LogP contribution in [0.4, 0.5) is 5.82 Å². The van der Waals surface area contributed by atoms with Crippen molar-refractivity contribution in [3.8, 4) is 5.75 Å². The normalized spacial score (nSPS) is 15.4. The maximum absolute atomic E-state index is 12.8. The Morgan fingerprint density at radius 2 is 1.82 bits per heavy atom. The predicted octanol–water partition coefficient (Wildman–Crippen LogP) is 4.60. The second kappa shape index (κ2) is 9.48. The number of nitrogens with zero attached hydrogens (tertiary/aromatic N) is 2. The standard InChI is InChI=1S/C26H28N4O3S/c1-33-20-10-8-19(9-11-20)23(24-18-27-25-7-3-2-6-22(24)25)17-29-26-13-12-21(16-28-26)34(31,32)30-14-4-5-15-30/h2-3,6-13,16,18,23,27H,4-5,14-15,17H2,1H3,(H,28,29)/t23-/m0/s1. The first kappa shape index (κ1) is 22.4. The number of hydrogen-bond donors (Lipinski definition) is 2. The second-order valence-corrected chi connectivity index (χ2v) is 10.4. The summed E-state index contributed by atoms with van der Waals surface area (Å²) in [5.74, 6) is 1.50. The van der Waals surface area contributed by atoms with Crippen LogP contribution >= 0.6 is 0 Å². The number of methoxy groups -OCH3 is 1. The second-order valence-electron chi connectivity index (χ2n) is 8.49. The van der Waals surface area contributed by atoms with E-state index in [9.17, 15) is 8.42 Å². The van der Waals surface area contributed by atoms with Gasteiger partial charge in [-0.3, -0.25) is 0 Å². The first-order chi connectivity index (χ1) is 16.6. The summed E-state index contributed by atoms with van der Waals surface area (Å²) < 4.78 is 32.4. The summed E-state index contributed by atoms with van der Waals surface area (Å²) in [7, 11) is -1.81. The lowest BCUT2D eigenvalue weighted by atomic mass is 9.91. The van der Waals surface area contributed by atoms with Gasteiger partial charge in [0, 0.05) is 48.8 Å². The fraction of sp³-hybridized carbons (Fsp3) is 0.269. The number of benzene rings is 2. The first-order valence-electron chi connectivity index (χ1n) is 11.5. The number of para-hydroxylation sites is 1. The maximum atomic E-state index is 12.8. The number of rotatable bonds is 8. The van der Waals surface area contributed by atoms with E-state index in [0.717, 1.165) is 29.7 Å². The molecule has 1 atom stereocenters. The van der Waals surface area contributed by atoms with Crippen molar-refractivity contribution in [2.75, 3.05) is 32.1 Å². The minimum Gasteiger partial charge on any atom is -0.497 e. The van der Waals surface area contributed by atoms with Gasteiger partial charge in [0.15, 0.2) is 0 Å². The molecule has 0 radical (unpaired) electrons. The van der Waals surface area contributed by atoms with Gasteiger partial charge in [-0.2, -0.15) is 4.31 Å². The number of ether oxygens (including phenoxy) is 1. The fourth-order valence-corrected chi connectivity index (χ4v) is 6.01. The van der Waals surface area contributed by atoms with Gasteiger partial charge in [0.1, 0.15) is 16.5 Å². The van der Waals surface area contributed by atoms with Crippen molar-refractivity contribution in [2.24, 2.45) is 0 Å². The van der Waals surface area contributed by atoms with Crippen molar-refractivity contribution in [3.05, 3.63) is 84.2 Å². The summed E-state index contributed by atoms with van der Waals surface area (Å²) in [6.45, 7) is 1.76. The van der Waals surface area contributed by atoms with E-state index in [2.05, 4.69) is 45.7 Å². The van der Waals surface area contributed by atoms with Gasteiger partial charge in [-0.15, -0.1) is 0 Å². The third-order valence-corrected chi connectivity index (χ3v) is 8.32. The Hall–Kier alpha value is -3.36. The van der Waals surface area contributed by atoms with Crippen LogP contribution < -0.4 is 10.1 Å². The molecule has 0 bridgehead atoms. The topological polar surface area (TPSA) is 87.3 Å². The molecule has 0 spiro atoms. The summed E-state index contributed by atoms with van der Waals surface area (Å²) in [4.78, 5) is 8.02. The fourth-order valence-electron chi connectivity index (χ4n) is 4.55. The van der Waals surface area contributed by atoms with Crippen molar-refractivity contribution >= 4 is 26.7 Å². The Bertz CT molecular complexity index is 1360. The molecule has 34 heavy (non-hydrogen) atoms. The van der Waals surface area contributed by atoms with E-state index >= 15 is 0 Å². The van der Waals surface area contributed by atoms with E-state index in [1.54, 1.807) is 19.2 Å². The first-order valence-corrected chi connectivity index (χ1v) is 12.9. The van der Waals surface area contributed by atoms with Crippen LogP contribution in [0, 0.1) is 0 Å². The monoisotopic (exact) mass is 476 g/mol. The lowest BCUT2D eigenvalue weighted by molar-refractivity contribution is 0.414. The summed E-state index contributed by atoms with van der Waals surface area (Å²) >= 11 is 0. The van der Waals surface area contributed by atoms with Crippen molar-refractivity contribution in [1.29, 1.82) is 0 Å². The van der Waals surface area contributed by atoms with Crippen molar-refractivity contribution in [1.82, 2.24) is 14.3 Å². The number of hydrogen-bond acceptors (Lipinski definition) is 5. The molecule has 1 fully saturated rings. The summed E-state index contributed by atoms with van der Waals surface area (Å²) in [6, 6.07) is 19.7. The number of fused-ring (bicyclic) bond motifs is 1. The largest absolute Gasteiger partial charge is 0.497 e. The highest BCUT2D eigenvalue weighted by molar-refractivity contribution is 7.89. The van der Waals surface area contributed by atoms with Crippen LogP contribution in [0.2, 0.25) is 0 Å². The zero-order valence-electron chi connectivity index (χ0n) is 19.1. The van der Waals surface area contributed by atoms with Crippen molar-refractivity contribution in [2.45, 2.75) is 23.7 Å². The Kier molecular flexibility index (Phi) is 6.26. The molecule has 1 aliphatic heterocycles. The van der Waals surface area contributed by atoms with Gasteiger partial charge in [-0.05, 0) is 54.3 Å². The molecule has 7 nitrogen and oxygen atoms in total. The SMILES string of the molecule is COc1ccc([C@H](CNc2ccc(S(=O)(=O)N3CCCC3)cn2)c2c[nH]c3ccccc23)cc1. The summed E-state index contributed by atoms with van der Waals surface area (Å²) in [5, 5.41) is 4.58. The molecule has 5 rings (SSSR count). The number of sulfonamides is 1. The Balaban J connectivity index is 1.39. The molecule has 3 heterocycles. The molecule has 1 saturated heterocycles. The van der Waals surface area contributed by atoms with E-state index in [4.69, 9.17) is 4.74 Å². The van der Waals surface area contributed by atoms with E-state index in [-0.39, 0.29) is 10.8 Å². The third-order valence-electron chi connectivity index (χ3n) is 6.44. The van der Waals surface area contributed by atoms with Gasteiger partial charge in [0.25, 0.3) is 0 Å². The van der Waals surface area contributed by atoms with Gasteiger partial charge >= 0.3 is 0 Å². The number of anilines is 1. The number of H-pyrrole nitrogens is 1. The third kappa shape index (κ3) is 4.38. The molecule has 0 amide bonds.